The van der Waals surface area contributed by atoms with Crippen LogP contribution in [0.25, 0.3) is 11.3 Å². The number of nitrogens with two attached hydrogens (primary N) is 1. The lowest BCUT2D eigenvalue weighted by Gasteiger charge is -2.39. The number of carbonyl (C=O) groups excluding carboxylic acids is 1. The quantitative estimate of drug-likeness (QED) is 0.248. The Kier molecular flexibility index (Phi) is 7.64. The summed E-state index contributed by atoms with van der Waals surface area (Å²) in [6.45, 7) is 0.285. The van der Waals surface area contributed by atoms with Gasteiger partial charge < -0.3 is 16.0 Å². The maximum Gasteiger partial charge on any atom is 0.175 e. The number of aromatic nitrogens is 3. The molecule has 1 unspecified atom stereocenters. The number of nitrogens with one attached hydrogen (secondary N) is 1. The van der Waals surface area contributed by atoms with Crippen molar-refractivity contribution in [2.75, 3.05) is 23.4 Å². The van der Waals surface area contributed by atoms with Crippen molar-refractivity contribution < 1.29 is 4.79 Å². The van der Waals surface area contributed by atoms with E-state index in [1.807, 2.05) is 20.3 Å². The van der Waals surface area contributed by atoms with Crippen molar-refractivity contribution in [1.82, 2.24) is 20.1 Å². The van der Waals surface area contributed by atoms with Crippen molar-refractivity contribution in [3.05, 3.63) is 23.5 Å². The second kappa shape index (κ2) is 9.81. The number of anilines is 1. The Hall–Kier alpha value is -1.09. The SMILES string of the molecule is CN[C@H]1CCCC[C@H]1N(C)c1nc(-c2cnn(C)c2)c(C(=O)CI)c(CN)c1P. The van der Waals surface area contributed by atoms with E-state index in [-0.39, 0.29) is 12.3 Å². The summed E-state index contributed by atoms with van der Waals surface area (Å²) in [5.74, 6) is 0.910. The second-order valence-electron chi connectivity index (χ2n) is 7.57. The van der Waals surface area contributed by atoms with Crippen molar-refractivity contribution in [1.29, 1.82) is 0 Å². The normalized spacial score (nSPS) is 19.4. The third-order valence-electron chi connectivity index (χ3n) is 5.84. The molecule has 1 aliphatic rings. The molecule has 2 aromatic rings. The zero-order valence-corrected chi connectivity index (χ0v) is 20.6. The molecule has 1 fully saturated rings. The van der Waals surface area contributed by atoms with Gasteiger partial charge in [0.2, 0.25) is 0 Å². The van der Waals surface area contributed by atoms with Gasteiger partial charge in [0, 0.05) is 49.8 Å². The van der Waals surface area contributed by atoms with Crippen molar-refractivity contribution >= 4 is 48.7 Å². The first-order valence-corrected chi connectivity index (χ1v) is 12.0. The van der Waals surface area contributed by atoms with Crippen LogP contribution < -0.4 is 21.3 Å². The van der Waals surface area contributed by atoms with Gasteiger partial charge in [0.05, 0.1) is 21.9 Å². The van der Waals surface area contributed by atoms with Gasteiger partial charge in [-0.25, -0.2) is 4.98 Å². The molecule has 1 aliphatic carbocycles. The Bertz CT molecular complexity index is 886. The lowest BCUT2D eigenvalue weighted by Crippen LogP contribution is -2.50. The van der Waals surface area contributed by atoms with Gasteiger partial charge in [0.15, 0.2) is 5.78 Å². The van der Waals surface area contributed by atoms with Crippen molar-refractivity contribution in [2.45, 2.75) is 44.3 Å². The molecule has 7 nitrogen and oxygen atoms in total. The highest BCUT2D eigenvalue weighted by molar-refractivity contribution is 14.1. The molecule has 0 aromatic carbocycles. The van der Waals surface area contributed by atoms with E-state index >= 15 is 0 Å². The number of ketones is 1. The molecule has 0 radical (unpaired) electrons. The largest absolute Gasteiger partial charge is 0.355 e. The number of Topliss-reactive ketones (excluding diaryl/α,β-unsaturated/α-hetero) is 1. The minimum absolute atomic E-state index is 0.0427. The molecule has 3 N–H and O–H groups in total. The van der Waals surface area contributed by atoms with E-state index in [1.54, 1.807) is 10.9 Å². The predicted molar refractivity (Wildman–Crippen MR) is 130 cm³/mol. The van der Waals surface area contributed by atoms with E-state index in [0.29, 0.717) is 27.8 Å². The van der Waals surface area contributed by atoms with E-state index in [9.17, 15) is 4.79 Å². The van der Waals surface area contributed by atoms with E-state index in [1.165, 1.54) is 12.8 Å². The minimum Gasteiger partial charge on any atom is -0.355 e. The van der Waals surface area contributed by atoms with Gasteiger partial charge in [-0.3, -0.25) is 9.48 Å². The van der Waals surface area contributed by atoms with Crippen molar-refractivity contribution in [3.63, 3.8) is 0 Å². The number of rotatable bonds is 7. The predicted octanol–water partition coefficient (Wildman–Crippen LogP) is 2.03. The summed E-state index contributed by atoms with van der Waals surface area (Å²) in [4.78, 5) is 20.1. The standard InChI is InChI=1S/C20H30IN6OP/c1-23-14-6-4-5-7-15(14)27(3)20-19(29)13(9-22)17(16(28)8-21)18(25-20)12-10-24-26(2)11-12/h10-11,14-15,23H,4-9,22,29H2,1-3H3/t14-,15+/m0/s1. The molecule has 29 heavy (non-hydrogen) atoms. The first-order valence-electron chi connectivity index (χ1n) is 9.93. The van der Waals surface area contributed by atoms with Crippen LogP contribution in [-0.4, -0.2) is 51.2 Å². The lowest BCUT2D eigenvalue weighted by atomic mass is 9.89. The Morgan fingerprint density at radius 1 is 1.45 bits per heavy atom. The highest BCUT2D eigenvalue weighted by Crippen LogP contribution is 2.32. The summed E-state index contributed by atoms with van der Waals surface area (Å²) in [6.07, 6.45) is 8.38. The van der Waals surface area contributed by atoms with Gasteiger partial charge in [-0.1, -0.05) is 35.4 Å². The third-order valence-corrected chi connectivity index (χ3v) is 7.14. The number of carbonyl (C=O) groups is 1. The smallest absolute Gasteiger partial charge is 0.175 e. The Morgan fingerprint density at radius 2 is 2.17 bits per heavy atom. The zero-order valence-electron chi connectivity index (χ0n) is 17.3. The maximum atomic E-state index is 12.9. The van der Waals surface area contributed by atoms with Gasteiger partial charge in [-0.2, -0.15) is 5.10 Å². The molecule has 2 aromatic heterocycles. The van der Waals surface area contributed by atoms with E-state index < -0.39 is 0 Å². The first kappa shape index (κ1) is 22.6. The van der Waals surface area contributed by atoms with Gasteiger partial charge in [-0.15, -0.1) is 9.24 Å². The number of hydrogen-bond acceptors (Lipinski definition) is 6. The Balaban J connectivity index is 2.18. The van der Waals surface area contributed by atoms with Gasteiger partial charge >= 0.3 is 0 Å². The molecule has 0 amide bonds. The fourth-order valence-electron chi connectivity index (χ4n) is 4.30. The van der Waals surface area contributed by atoms with Crippen molar-refractivity contribution in [3.8, 4) is 11.3 Å². The second-order valence-corrected chi connectivity index (χ2v) is 8.91. The molecule has 3 atom stereocenters. The molecule has 1 saturated carbocycles. The average Bonchev–Trinajstić information content (AvgIpc) is 3.18. The van der Waals surface area contributed by atoms with E-state index in [0.717, 1.165) is 35.1 Å². The molecule has 158 valence electrons. The Morgan fingerprint density at radius 3 is 2.76 bits per heavy atom. The van der Waals surface area contributed by atoms with Gasteiger partial charge in [0.1, 0.15) is 5.82 Å². The number of likely N-dealkylation sites (N-methyl/N-ethyl adjacent to an activating group) is 2. The van der Waals surface area contributed by atoms with Crippen LogP contribution in [0.2, 0.25) is 0 Å². The lowest BCUT2D eigenvalue weighted by molar-refractivity contribution is 0.102. The van der Waals surface area contributed by atoms with Crippen LogP contribution in [0.15, 0.2) is 12.4 Å². The van der Waals surface area contributed by atoms with Crippen LogP contribution in [-0.2, 0) is 13.6 Å². The molecule has 0 aliphatic heterocycles. The fourth-order valence-corrected chi connectivity index (χ4v) is 5.22. The maximum absolute atomic E-state index is 12.9. The summed E-state index contributed by atoms with van der Waals surface area (Å²) < 4.78 is 2.11. The fraction of sp³-hybridized carbons (Fsp3) is 0.550. The van der Waals surface area contributed by atoms with Crippen LogP contribution in [0.5, 0.6) is 0 Å². The number of nitrogens with zero attached hydrogens (tertiary/aromatic N) is 4. The van der Waals surface area contributed by atoms with E-state index in [4.69, 9.17) is 10.7 Å². The summed E-state index contributed by atoms with van der Waals surface area (Å²) in [7, 11) is 8.78. The highest BCUT2D eigenvalue weighted by Gasteiger charge is 2.31. The monoisotopic (exact) mass is 528 g/mol. The molecule has 2 heterocycles. The number of hydrogen-bond donors (Lipinski definition) is 2. The molecule has 0 bridgehead atoms. The minimum atomic E-state index is 0.0427. The summed E-state index contributed by atoms with van der Waals surface area (Å²) in [6, 6.07) is 0.762. The zero-order chi connectivity index (χ0) is 21.1. The van der Waals surface area contributed by atoms with Crippen LogP contribution in [0.4, 0.5) is 5.82 Å². The van der Waals surface area contributed by atoms with Crippen LogP contribution in [0.3, 0.4) is 0 Å². The molecule has 0 saturated heterocycles. The summed E-state index contributed by atoms with van der Waals surface area (Å²) in [5.41, 5.74) is 9.13. The number of halogens is 1. The molecule has 9 heteroatoms. The van der Waals surface area contributed by atoms with Gasteiger partial charge in [-0.05, 0) is 25.5 Å². The highest BCUT2D eigenvalue weighted by atomic mass is 127. The van der Waals surface area contributed by atoms with Crippen LogP contribution in [0.1, 0.15) is 41.6 Å². The summed E-state index contributed by atoms with van der Waals surface area (Å²) in [5, 5.41) is 8.68. The van der Waals surface area contributed by atoms with E-state index in [2.05, 4.69) is 54.2 Å². The number of aryl methyl sites for hydroxylation is 1. The topological polar surface area (TPSA) is 89.1 Å². The Labute approximate surface area is 188 Å². The summed E-state index contributed by atoms with van der Waals surface area (Å²) >= 11 is 2.10. The molecule has 0 spiro atoms. The van der Waals surface area contributed by atoms with Crippen molar-refractivity contribution in [2.24, 2.45) is 12.8 Å². The molecular weight excluding hydrogens is 498 g/mol. The molecule has 3 rings (SSSR count). The molecular formula is C20H30IN6OP. The number of pyridine rings is 1. The van der Waals surface area contributed by atoms with Crippen LogP contribution >= 0.6 is 31.8 Å². The first-order chi connectivity index (χ1) is 13.9. The van der Waals surface area contributed by atoms with Crippen LogP contribution in [0, 0.1) is 0 Å². The average molecular weight is 528 g/mol. The van der Waals surface area contributed by atoms with Gasteiger partial charge in [0.25, 0.3) is 0 Å². The number of alkyl halides is 1. The third kappa shape index (κ3) is 4.50.